The van der Waals surface area contributed by atoms with Crippen LogP contribution in [0.3, 0.4) is 0 Å². The van der Waals surface area contributed by atoms with E-state index >= 15 is 0 Å². The number of sulfone groups is 1. The lowest BCUT2D eigenvalue weighted by Crippen LogP contribution is -2.22. The molecule has 0 atom stereocenters. The maximum Gasteiger partial charge on any atom is 0.341 e. The lowest BCUT2D eigenvalue weighted by molar-refractivity contribution is -0.115. The second-order valence-electron chi connectivity index (χ2n) is 6.22. The van der Waals surface area contributed by atoms with Crippen molar-refractivity contribution in [3.8, 4) is 0 Å². The van der Waals surface area contributed by atoms with Gasteiger partial charge in [0.1, 0.15) is 6.61 Å². The third-order valence-corrected chi connectivity index (χ3v) is 6.34. The van der Waals surface area contributed by atoms with Crippen LogP contribution in [0, 0.1) is 0 Å². The first-order valence-corrected chi connectivity index (χ1v) is 11.2. The van der Waals surface area contributed by atoms with Gasteiger partial charge in [0.05, 0.1) is 21.8 Å². The molecule has 31 heavy (non-hydrogen) atoms. The molecule has 0 radical (unpaired) electrons. The molecule has 0 saturated heterocycles. The van der Waals surface area contributed by atoms with Crippen LogP contribution in [0.1, 0.15) is 23.0 Å². The highest BCUT2D eigenvalue weighted by molar-refractivity contribution is 7.91. The van der Waals surface area contributed by atoms with E-state index in [-0.39, 0.29) is 18.1 Å². The monoisotopic (exact) mass is 466 g/mol. The number of para-hydroxylation sites is 1. The van der Waals surface area contributed by atoms with E-state index in [2.05, 4.69) is 4.98 Å². The van der Waals surface area contributed by atoms with Gasteiger partial charge in [-0.1, -0.05) is 18.2 Å². The molecule has 1 heterocycles. The summed E-state index contributed by atoms with van der Waals surface area (Å²) < 4.78 is 53.2. The van der Waals surface area contributed by atoms with Crippen molar-refractivity contribution < 1.29 is 31.5 Å². The molecule has 0 spiro atoms. The first-order valence-electron chi connectivity index (χ1n) is 8.79. The zero-order chi connectivity index (χ0) is 22.6. The van der Waals surface area contributed by atoms with Gasteiger partial charge >= 0.3 is 11.7 Å². The van der Waals surface area contributed by atoms with Gasteiger partial charge in [-0.2, -0.15) is 8.78 Å². The summed E-state index contributed by atoms with van der Waals surface area (Å²) in [5.74, 6) is -4.56. The number of halogens is 2. The molecule has 1 amide bonds. The van der Waals surface area contributed by atoms with E-state index in [1.807, 2.05) is 6.07 Å². The number of carbonyl (C=O) groups is 2. The van der Waals surface area contributed by atoms with E-state index in [0.717, 1.165) is 24.3 Å². The highest BCUT2D eigenvalue weighted by Gasteiger charge is 2.26. The van der Waals surface area contributed by atoms with Crippen molar-refractivity contribution >= 4 is 43.9 Å². The summed E-state index contributed by atoms with van der Waals surface area (Å²) in [4.78, 5) is 29.4. The van der Waals surface area contributed by atoms with Crippen molar-refractivity contribution in [2.24, 2.45) is 0 Å². The lowest BCUT2D eigenvalue weighted by atomic mass is 10.2. The summed E-state index contributed by atoms with van der Waals surface area (Å²) in [7, 11) is -4.74. The number of thiazole rings is 1. The fourth-order valence-corrected chi connectivity index (χ4v) is 4.17. The number of anilines is 2. The van der Waals surface area contributed by atoms with Crippen molar-refractivity contribution in [3.05, 3.63) is 71.2 Å². The molecule has 0 unspecified atom stereocenters. The van der Waals surface area contributed by atoms with Crippen LogP contribution < -0.4 is 4.90 Å². The molecule has 3 aromatic rings. The predicted molar refractivity (Wildman–Crippen MR) is 110 cm³/mol. The average Bonchev–Trinajstić information content (AvgIpc) is 3.21. The molecule has 0 aliphatic carbocycles. The molecule has 0 fully saturated rings. The standard InChI is InChI=1S/C20H16F2N2O5S2/c1-13(25)24(16-5-3-2-4-6-16)20-23-15(12-30-20)11-29-18(26)14-7-9-17(10-8-14)31(27,28)19(21)22/h2-10,12,19H,11H2,1H3. The molecule has 162 valence electrons. The third kappa shape index (κ3) is 5.12. The summed E-state index contributed by atoms with van der Waals surface area (Å²) in [6.45, 7) is 1.22. The van der Waals surface area contributed by atoms with E-state index in [1.54, 1.807) is 29.6 Å². The van der Waals surface area contributed by atoms with Crippen molar-refractivity contribution in [3.63, 3.8) is 0 Å². The van der Waals surface area contributed by atoms with Crippen LogP contribution in [-0.4, -0.2) is 31.0 Å². The van der Waals surface area contributed by atoms with Crippen LogP contribution in [0.4, 0.5) is 19.6 Å². The number of nitrogens with zero attached hydrogens (tertiary/aromatic N) is 2. The van der Waals surface area contributed by atoms with Gasteiger partial charge in [-0.15, -0.1) is 11.3 Å². The Labute approximate surface area is 180 Å². The number of hydrogen-bond donors (Lipinski definition) is 0. The molecule has 11 heteroatoms. The molecule has 0 saturated carbocycles. The van der Waals surface area contributed by atoms with Crippen molar-refractivity contribution in [1.29, 1.82) is 0 Å². The smallest absolute Gasteiger partial charge is 0.341 e. The minimum atomic E-state index is -4.74. The molecule has 7 nitrogen and oxygen atoms in total. The van der Waals surface area contributed by atoms with Gasteiger partial charge < -0.3 is 4.74 Å². The number of alkyl halides is 2. The Morgan fingerprint density at radius 2 is 1.74 bits per heavy atom. The van der Waals surface area contributed by atoms with Crippen molar-refractivity contribution in [2.45, 2.75) is 24.2 Å². The molecule has 2 aromatic carbocycles. The van der Waals surface area contributed by atoms with E-state index in [1.165, 1.54) is 23.2 Å². The van der Waals surface area contributed by atoms with E-state index in [4.69, 9.17) is 4.74 Å². The fourth-order valence-electron chi connectivity index (χ4n) is 2.58. The number of amides is 1. The molecule has 0 N–H and O–H groups in total. The van der Waals surface area contributed by atoms with Gasteiger partial charge in [0.25, 0.3) is 0 Å². The Morgan fingerprint density at radius 3 is 2.32 bits per heavy atom. The van der Waals surface area contributed by atoms with Crippen molar-refractivity contribution in [2.75, 3.05) is 4.90 Å². The zero-order valence-electron chi connectivity index (χ0n) is 16.1. The third-order valence-electron chi connectivity index (χ3n) is 4.06. The summed E-state index contributed by atoms with van der Waals surface area (Å²) in [5, 5.41) is 2.05. The van der Waals surface area contributed by atoms with Crippen LogP contribution in [0.15, 0.2) is 64.9 Å². The summed E-state index contributed by atoms with van der Waals surface area (Å²) in [6.07, 6.45) is 0. The number of hydrogen-bond acceptors (Lipinski definition) is 7. The van der Waals surface area contributed by atoms with E-state index < -0.39 is 26.5 Å². The Balaban J connectivity index is 1.68. The van der Waals surface area contributed by atoms with Crippen LogP contribution in [-0.2, 0) is 26.0 Å². The number of carbonyl (C=O) groups excluding carboxylic acids is 2. The fraction of sp³-hybridized carbons (Fsp3) is 0.150. The Bertz CT molecular complexity index is 1180. The number of aromatic nitrogens is 1. The Morgan fingerprint density at radius 1 is 1.10 bits per heavy atom. The van der Waals surface area contributed by atoms with Gasteiger partial charge in [0.15, 0.2) is 5.13 Å². The van der Waals surface area contributed by atoms with Gasteiger partial charge in [0, 0.05) is 12.3 Å². The van der Waals surface area contributed by atoms with Crippen LogP contribution >= 0.6 is 11.3 Å². The van der Waals surface area contributed by atoms with Crippen LogP contribution in [0.2, 0.25) is 0 Å². The zero-order valence-corrected chi connectivity index (χ0v) is 17.7. The van der Waals surface area contributed by atoms with Crippen LogP contribution in [0.25, 0.3) is 0 Å². The molecule has 3 rings (SSSR count). The Hall–Kier alpha value is -3.18. The second-order valence-corrected chi connectivity index (χ2v) is 8.97. The maximum absolute atomic E-state index is 12.6. The summed E-state index contributed by atoms with van der Waals surface area (Å²) in [5.41, 5.74) is 1.05. The molecule has 0 bridgehead atoms. The number of rotatable bonds is 7. The first kappa shape index (κ1) is 22.5. The van der Waals surface area contributed by atoms with Gasteiger partial charge in [0.2, 0.25) is 15.7 Å². The predicted octanol–water partition coefficient (Wildman–Crippen LogP) is 4.18. The largest absolute Gasteiger partial charge is 0.456 e. The molecular formula is C20H16F2N2O5S2. The van der Waals surface area contributed by atoms with E-state index in [0.29, 0.717) is 16.5 Å². The molecule has 0 aliphatic rings. The average molecular weight is 466 g/mol. The van der Waals surface area contributed by atoms with Crippen molar-refractivity contribution in [1.82, 2.24) is 4.98 Å². The number of ether oxygens (including phenoxy) is 1. The minimum Gasteiger partial charge on any atom is -0.456 e. The van der Waals surface area contributed by atoms with Gasteiger partial charge in [-0.3, -0.25) is 9.69 Å². The van der Waals surface area contributed by atoms with E-state index in [9.17, 15) is 26.8 Å². The summed E-state index contributed by atoms with van der Waals surface area (Å²) in [6, 6.07) is 13.0. The lowest BCUT2D eigenvalue weighted by Gasteiger charge is -2.17. The quantitative estimate of drug-likeness (QED) is 0.485. The first-order chi connectivity index (χ1) is 14.7. The summed E-state index contributed by atoms with van der Waals surface area (Å²) >= 11 is 1.20. The molecule has 1 aromatic heterocycles. The number of benzene rings is 2. The SMILES string of the molecule is CC(=O)N(c1ccccc1)c1nc(COC(=O)c2ccc(S(=O)(=O)C(F)F)cc2)cs1. The normalized spacial score (nSPS) is 11.4. The molecule has 0 aliphatic heterocycles. The minimum absolute atomic E-state index is 0.00156. The maximum atomic E-state index is 12.6. The highest BCUT2D eigenvalue weighted by Crippen LogP contribution is 2.29. The van der Waals surface area contributed by atoms with Gasteiger partial charge in [-0.05, 0) is 36.4 Å². The highest BCUT2D eigenvalue weighted by atomic mass is 32.2. The second kappa shape index (κ2) is 9.31. The van der Waals surface area contributed by atoms with Gasteiger partial charge in [-0.25, -0.2) is 18.2 Å². The van der Waals surface area contributed by atoms with Crippen LogP contribution in [0.5, 0.6) is 0 Å². The number of esters is 1. The molecular weight excluding hydrogens is 450 g/mol. The topological polar surface area (TPSA) is 93.6 Å². The Kier molecular flexibility index (Phi) is 6.76.